The van der Waals surface area contributed by atoms with Crippen molar-refractivity contribution in [3.05, 3.63) is 64.0 Å². The zero-order valence-corrected chi connectivity index (χ0v) is 15.0. The normalized spacial score (nSPS) is 14.7. The van der Waals surface area contributed by atoms with Gasteiger partial charge in [-0.25, -0.2) is 14.7 Å². The number of amides is 3. The molecule has 1 aromatic heterocycles. The van der Waals surface area contributed by atoms with Gasteiger partial charge in [-0.1, -0.05) is 12.1 Å². The number of urea groups is 1. The Morgan fingerprint density at radius 1 is 1.24 bits per heavy atom. The number of esters is 1. The third kappa shape index (κ3) is 4.53. The Balaban J connectivity index is 1.68. The van der Waals surface area contributed by atoms with Gasteiger partial charge < -0.3 is 14.8 Å². The van der Waals surface area contributed by atoms with Crippen molar-refractivity contribution in [2.24, 2.45) is 0 Å². The third-order valence-electron chi connectivity index (χ3n) is 3.82. The predicted octanol–water partition coefficient (Wildman–Crippen LogP) is 1.85. The SMILES string of the molecule is COC(=O)CN1C(=O)N/C(=C/c2ccc(Oc3ccc([N+](=O)[O-])cn3)cc2)C1=O. The second-order valence-electron chi connectivity index (χ2n) is 5.74. The fourth-order valence-electron chi connectivity index (χ4n) is 2.37. The lowest BCUT2D eigenvalue weighted by Gasteiger charge is -2.09. The summed E-state index contributed by atoms with van der Waals surface area (Å²) in [5.41, 5.74) is 0.464. The van der Waals surface area contributed by atoms with Gasteiger partial charge in [0.2, 0.25) is 5.88 Å². The number of methoxy groups -OCH3 is 1. The van der Waals surface area contributed by atoms with E-state index in [0.29, 0.717) is 11.3 Å². The van der Waals surface area contributed by atoms with Crippen molar-refractivity contribution in [1.29, 1.82) is 0 Å². The van der Waals surface area contributed by atoms with E-state index in [1.165, 1.54) is 18.2 Å². The van der Waals surface area contributed by atoms with Gasteiger partial charge in [0.25, 0.3) is 11.6 Å². The molecule has 2 aromatic rings. The van der Waals surface area contributed by atoms with Crippen molar-refractivity contribution < 1.29 is 28.8 Å². The topological polar surface area (TPSA) is 141 Å². The maximum atomic E-state index is 12.2. The van der Waals surface area contributed by atoms with Crippen molar-refractivity contribution in [3.8, 4) is 11.6 Å². The number of nitrogens with one attached hydrogen (secondary N) is 1. The zero-order chi connectivity index (χ0) is 21.0. The Morgan fingerprint density at radius 2 is 1.97 bits per heavy atom. The minimum absolute atomic E-state index is 0.0182. The Labute approximate surface area is 163 Å². The molecule has 0 spiro atoms. The average Bonchev–Trinajstić information content (AvgIpc) is 2.97. The molecule has 1 N–H and O–H groups in total. The second-order valence-corrected chi connectivity index (χ2v) is 5.74. The largest absolute Gasteiger partial charge is 0.468 e. The molecule has 1 aliphatic rings. The summed E-state index contributed by atoms with van der Waals surface area (Å²) in [6.07, 6.45) is 2.54. The molecule has 148 valence electrons. The van der Waals surface area contributed by atoms with Crippen LogP contribution in [0.4, 0.5) is 10.5 Å². The number of rotatable bonds is 6. The molecule has 11 heteroatoms. The first-order valence-corrected chi connectivity index (χ1v) is 8.17. The van der Waals surface area contributed by atoms with E-state index in [0.717, 1.165) is 18.2 Å². The van der Waals surface area contributed by atoms with E-state index in [9.17, 15) is 24.5 Å². The highest BCUT2D eigenvalue weighted by Crippen LogP contribution is 2.22. The Morgan fingerprint density at radius 3 is 2.55 bits per heavy atom. The summed E-state index contributed by atoms with van der Waals surface area (Å²) >= 11 is 0. The first-order chi connectivity index (χ1) is 13.9. The van der Waals surface area contributed by atoms with Gasteiger partial charge in [-0.05, 0) is 23.8 Å². The number of ether oxygens (including phenoxy) is 2. The van der Waals surface area contributed by atoms with E-state index in [1.807, 2.05) is 0 Å². The Bertz CT molecular complexity index is 1000. The summed E-state index contributed by atoms with van der Waals surface area (Å²) in [6, 6.07) is 8.40. The number of aromatic nitrogens is 1. The second kappa shape index (κ2) is 8.17. The quantitative estimate of drug-likeness (QED) is 0.255. The molecule has 2 heterocycles. The highest BCUT2D eigenvalue weighted by Gasteiger charge is 2.35. The van der Waals surface area contributed by atoms with Gasteiger partial charge in [-0.15, -0.1) is 0 Å². The van der Waals surface area contributed by atoms with Gasteiger partial charge in [0.05, 0.1) is 12.0 Å². The first-order valence-electron chi connectivity index (χ1n) is 8.17. The standard InChI is InChI=1S/C18H14N4O7/c1-28-16(23)10-21-17(24)14(20-18(21)25)8-11-2-5-13(6-3-11)29-15-7-4-12(9-19-15)22(26)27/h2-9H,10H2,1H3,(H,20,25)/b14-8+. The molecular formula is C18H14N4O7. The van der Waals surface area contributed by atoms with Crippen LogP contribution in [-0.4, -0.2) is 46.4 Å². The number of pyridine rings is 1. The molecule has 1 aliphatic heterocycles. The van der Waals surface area contributed by atoms with Crippen LogP contribution in [-0.2, 0) is 14.3 Å². The number of hydrogen-bond donors (Lipinski definition) is 1. The minimum Gasteiger partial charge on any atom is -0.468 e. The molecule has 1 fully saturated rings. The van der Waals surface area contributed by atoms with Crippen molar-refractivity contribution in [2.45, 2.75) is 0 Å². The number of imide groups is 1. The van der Waals surface area contributed by atoms with E-state index in [4.69, 9.17) is 4.74 Å². The van der Waals surface area contributed by atoms with Crippen LogP contribution in [0.25, 0.3) is 6.08 Å². The van der Waals surface area contributed by atoms with Crippen LogP contribution in [0.5, 0.6) is 11.6 Å². The number of benzene rings is 1. The number of nitro groups is 1. The van der Waals surface area contributed by atoms with Crippen molar-refractivity contribution >= 4 is 29.7 Å². The molecule has 11 nitrogen and oxygen atoms in total. The lowest BCUT2D eigenvalue weighted by Crippen LogP contribution is -2.36. The number of nitrogens with zero attached hydrogens (tertiary/aromatic N) is 3. The number of hydrogen-bond acceptors (Lipinski definition) is 8. The van der Waals surface area contributed by atoms with Crippen LogP contribution in [0.1, 0.15) is 5.56 Å². The van der Waals surface area contributed by atoms with Gasteiger partial charge in [0, 0.05) is 12.1 Å². The van der Waals surface area contributed by atoms with E-state index in [1.54, 1.807) is 24.3 Å². The zero-order valence-electron chi connectivity index (χ0n) is 15.0. The van der Waals surface area contributed by atoms with Crippen LogP contribution in [0.15, 0.2) is 48.3 Å². The van der Waals surface area contributed by atoms with E-state index in [-0.39, 0.29) is 17.3 Å². The van der Waals surface area contributed by atoms with Crippen molar-refractivity contribution in [1.82, 2.24) is 15.2 Å². The molecule has 29 heavy (non-hydrogen) atoms. The lowest BCUT2D eigenvalue weighted by molar-refractivity contribution is -0.385. The third-order valence-corrected chi connectivity index (χ3v) is 3.82. The summed E-state index contributed by atoms with van der Waals surface area (Å²) in [5.74, 6) is -0.757. The number of carbonyl (C=O) groups excluding carboxylic acids is 3. The van der Waals surface area contributed by atoms with Crippen molar-refractivity contribution in [3.63, 3.8) is 0 Å². The van der Waals surface area contributed by atoms with Crippen LogP contribution >= 0.6 is 0 Å². The summed E-state index contributed by atoms with van der Waals surface area (Å²) in [7, 11) is 1.16. The smallest absolute Gasteiger partial charge is 0.329 e. The van der Waals surface area contributed by atoms with Crippen LogP contribution < -0.4 is 10.1 Å². The number of carbonyl (C=O) groups is 3. The highest BCUT2D eigenvalue weighted by molar-refractivity contribution is 6.15. The fourth-order valence-corrected chi connectivity index (χ4v) is 2.37. The maximum absolute atomic E-state index is 12.2. The molecule has 3 rings (SSSR count). The lowest BCUT2D eigenvalue weighted by atomic mass is 10.2. The van der Waals surface area contributed by atoms with Crippen LogP contribution in [0.2, 0.25) is 0 Å². The van der Waals surface area contributed by atoms with Gasteiger partial charge in [0.1, 0.15) is 24.2 Å². The predicted molar refractivity (Wildman–Crippen MR) is 97.6 cm³/mol. The van der Waals surface area contributed by atoms with Crippen molar-refractivity contribution in [2.75, 3.05) is 13.7 Å². The van der Waals surface area contributed by atoms with Gasteiger partial charge in [0.15, 0.2) is 0 Å². The molecule has 0 bridgehead atoms. The average molecular weight is 398 g/mol. The molecule has 1 saturated heterocycles. The van der Waals surface area contributed by atoms with E-state index >= 15 is 0 Å². The first kappa shape index (κ1) is 19.5. The fraction of sp³-hybridized carbons (Fsp3) is 0.111. The molecule has 0 unspecified atom stereocenters. The summed E-state index contributed by atoms with van der Waals surface area (Å²) in [5, 5.41) is 13.0. The summed E-state index contributed by atoms with van der Waals surface area (Å²) < 4.78 is 9.96. The van der Waals surface area contributed by atoms with Crippen LogP contribution in [0.3, 0.4) is 0 Å². The van der Waals surface area contributed by atoms with Gasteiger partial charge in [-0.2, -0.15) is 0 Å². The summed E-state index contributed by atoms with van der Waals surface area (Å²) in [4.78, 5) is 50.0. The minimum atomic E-state index is -0.712. The van der Waals surface area contributed by atoms with Crippen LogP contribution in [0, 0.1) is 10.1 Å². The van der Waals surface area contributed by atoms with Gasteiger partial charge >= 0.3 is 12.0 Å². The summed E-state index contributed by atoms with van der Waals surface area (Å²) in [6.45, 7) is -0.479. The molecule has 1 aromatic carbocycles. The monoisotopic (exact) mass is 398 g/mol. The Hall–Kier alpha value is -4.28. The molecular weight excluding hydrogens is 384 g/mol. The van der Waals surface area contributed by atoms with E-state index < -0.39 is 29.4 Å². The maximum Gasteiger partial charge on any atom is 0.329 e. The van der Waals surface area contributed by atoms with E-state index in [2.05, 4.69) is 15.0 Å². The highest BCUT2D eigenvalue weighted by atomic mass is 16.6. The molecule has 0 radical (unpaired) electrons. The molecule has 0 aliphatic carbocycles. The molecule has 0 atom stereocenters. The Kier molecular flexibility index (Phi) is 5.49. The van der Waals surface area contributed by atoms with Gasteiger partial charge in [-0.3, -0.25) is 19.7 Å². The molecule has 3 amide bonds. The molecule has 0 saturated carbocycles.